The Morgan fingerprint density at radius 2 is 1.32 bits per heavy atom. The first-order chi connectivity index (χ1) is 8.92. The molecular weight excluding hydrogens is 225 g/mol. The Kier molecular flexibility index (Phi) is 3.27. The number of fused-ring (bicyclic) bond motifs is 2. The quantitative estimate of drug-likeness (QED) is 0.694. The fourth-order valence-corrected chi connectivity index (χ4v) is 3.07. The Bertz CT molecular complexity index is 620. The van der Waals surface area contributed by atoms with Crippen LogP contribution in [0.25, 0.3) is 5.70 Å². The Morgan fingerprint density at radius 3 is 2.00 bits per heavy atom. The third kappa shape index (κ3) is 2.04. The van der Waals surface area contributed by atoms with Crippen molar-refractivity contribution in [2.75, 3.05) is 0 Å². The van der Waals surface area contributed by atoms with Gasteiger partial charge in [-0.25, -0.2) is 0 Å². The number of hydrogen-bond donors (Lipinski definition) is 0. The van der Waals surface area contributed by atoms with E-state index in [4.69, 9.17) is 0 Å². The number of benzene rings is 2. The predicted octanol–water partition coefficient (Wildman–Crippen LogP) is 2.95. The van der Waals surface area contributed by atoms with Crippen molar-refractivity contribution in [3.63, 3.8) is 0 Å². The first kappa shape index (κ1) is 12.6. The minimum absolute atomic E-state index is 0. The molecule has 4 rings (SSSR count). The van der Waals surface area contributed by atoms with E-state index in [2.05, 4.69) is 59.5 Å². The van der Waals surface area contributed by atoms with Gasteiger partial charge in [-0.15, -0.1) is 0 Å². The molecule has 2 aromatic carbocycles. The van der Waals surface area contributed by atoms with Gasteiger partial charge in [0.25, 0.3) is 0 Å². The van der Waals surface area contributed by atoms with Crippen molar-refractivity contribution in [2.24, 2.45) is 0 Å². The number of allylic oxidation sites excluding steroid dienone is 1. The molecule has 0 saturated carbocycles. The molecule has 0 bridgehead atoms. The van der Waals surface area contributed by atoms with Gasteiger partial charge in [-0.3, -0.25) is 0 Å². The van der Waals surface area contributed by atoms with Gasteiger partial charge in [-0.2, -0.15) is 0 Å². The molecule has 0 aromatic heterocycles. The molecule has 0 atom stereocenters. The fraction of sp³-hybridized carbons (Fsp3) is 0.176. The monoisotopic (exact) mass is 241 g/mol. The molecule has 1 heterocycles. The molecule has 0 amide bonds. The maximum absolute atomic E-state index is 2.50. The van der Waals surface area contributed by atoms with Crippen LogP contribution in [0.5, 0.6) is 0 Å². The normalized spacial score (nSPS) is 15.6. The van der Waals surface area contributed by atoms with Crippen molar-refractivity contribution in [3.8, 4) is 0 Å². The first-order valence-corrected chi connectivity index (χ1v) is 6.52. The molecule has 0 N–H and O–H groups in total. The summed E-state index contributed by atoms with van der Waals surface area (Å²) in [6.45, 7) is 2.10. The van der Waals surface area contributed by atoms with E-state index in [1.54, 1.807) is 0 Å². The summed E-state index contributed by atoms with van der Waals surface area (Å²) in [6.07, 6.45) is 3.45. The first-order valence-electron chi connectivity index (χ1n) is 6.52. The second-order valence-corrected chi connectivity index (χ2v) is 5.08. The van der Waals surface area contributed by atoms with Crippen molar-refractivity contribution in [1.82, 2.24) is 4.90 Å². The maximum atomic E-state index is 2.50. The molecule has 2 heteroatoms. The standard InChI is InChI=1S/C17H15N.Li.H/c1-2-7-15-12-18(11-14(15)6-1)17-10-9-13-5-3-4-8-16(13)17;;/h1-8,10H,9,11-12H2;;. The van der Waals surface area contributed by atoms with E-state index in [1.165, 1.54) is 28.0 Å². The van der Waals surface area contributed by atoms with Crippen LogP contribution in [0, 0.1) is 0 Å². The van der Waals surface area contributed by atoms with Crippen LogP contribution in [0.2, 0.25) is 0 Å². The summed E-state index contributed by atoms with van der Waals surface area (Å²) in [7, 11) is 0. The summed E-state index contributed by atoms with van der Waals surface area (Å²) < 4.78 is 0. The molecule has 2 aliphatic rings. The van der Waals surface area contributed by atoms with E-state index in [9.17, 15) is 0 Å². The summed E-state index contributed by atoms with van der Waals surface area (Å²) in [6, 6.07) is 17.5. The zero-order valence-electron chi connectivity index (χ0n) is 10.3. The number of hydrogen-bond acceptors (Lipinski definition) is 1. The molecule has 0 unspecified atom stereocenters. The Morgan fingerprint density at radius 1 is 0.737 bits per heavy atom. The van der Waals surface area contributed by atoms with Gasteiger partial charge in [-0.05, 0) is 23.1 Å². The summed E-state index contributed by atoms with van der Waals surface area (Å²) in [5.41, 5.74) is 7.25. The van der Waals surface area contributed by atoms with E-state index < -0.39 is 0 Å². The van der Waals surface area contributed by atoms with Gasteiger partial charge in [0, 0.05) is 24.4 Å². The summed E-state index contributed by atoms with van der Waals surface area (Å²) in [5.74, 6) is 0. The van der Waals surface area contributed by atoms with Gasteiger partial charge in [0.1, 0.15) is 0 Å². The zero-order chi connectivity index (χ0) is 11.9. The van der Waals surface area contributed by atoms with Crippen LogP contribution in [0.4, 0.5) is 0 Å². The van der Waals surface area contributed by atoms with Gasteiger partial charge in [0.15, 0.2) is 0 Å². The molecule has 1 aliphatic carbocycles. The SMILES string of the molecule is C1=C(N2Cc3ccccc3C2)c2ccccc2C1.[LiH]. The van der Waals surface area contributed by atoms with Crippen LogP contribution in [0.3, 0.4) is 0 Å². The average Bonchev–Trinajstić information content (AvgIpc) is 3.02. The van der Waals surface area contributed by atoms with E-state index in [0.29, 0.717) is 0 Å². The molecule has 1 aliphatic heterocycles. The number of rotatable bonds is 1. The van der Waals surface area contributed by atoms with Gasteiger partial charge >= 0.3 is 18.9 Å². The zero-order valence-corrected chi connectivity index (χ0v) is 10.3. The molecule has 90 valence electrons. The van der Waals surface area contributed by atoms with E-state index in [1.807, 2.05) is 0 Å². The molecule has 19 heavy (non-hydrogen) atoms. The van der Waals surface area contributed by atoms with Gasteiger partial charge in [-0.1, -0.05) is 54.6 Å². The van der Waals surface area contributed by atoms with Crippen molar-refractivity contribution in [2.45, 2.75) is 19.5 Å². The second kappa shape index (κ2) is 4.93. The molecule has 0 spiro atoms. The Labute approximate surface area is 126 Å². The van der Waals surface area contributed by atoms with Gasteiger partial charge in [0.2, 0.25) is 0 Å². The molecule has 1 nitrogen and oxygen atoms in total. The van der Waals surface area contributed by atoms with Crippen molar-refractivity contribution in [1.29, 1.82) is 0 Å². The third-order valence-electron chi connectivity index (χ3n) is 3.99. The molecular formula is C17H16LiN. The third-order valence-corrected chi connectivity index (χ3v) is 3.99. The van der Waals surface area contributed by atoms with E-state index in [-0.39, 0.29) is 18.9 Å². The summed E-state index contributed by atoms with van der Waals surface area (Å²) in [4.78, 5) is 2.50. The predicted molar refractivity (Wildman–Crippen MR) is 81.0 cm³/mol. The van der Waals surface area contributed by atoms with Gasteiger partial charge in [0.05, 0.1) is 0 Å². The Hall–Kier alpha value is -1.42. The van der Waals surface area contributed by atoms with Crippen LogP contribution in [0.15, 0.2) is 54.6 Å². The molecule has 0 fully saturated rings. The van der Waals surface area contributed by atoms with Crippen LogP contribution in [0.1, 0.15) is 22.3 Å². The average molecular weight is 241 g/mol. The van der Waals surface area contributed by atoms with Crippen LogP contribution in [-0.2, 0) is 19.5 Å². The van der Waals surface area contributed by atoms with Crippen molar-refractivity contribution >= 4 is 24.6 Å². The van der Waals surface area contributed by atoms with Crippen molar-refractivity contribution < 1.29 is 0 Å². The molecule has 0 radical (unpaired) electrons. The van der Waals surface area contributed by atoms with E-state index in [0.717, 1.165) is 19.5 Å². The van der Waals surface area contributed by atoms with Crippen LogP contribution >= 0.6 is 0 Å². The van der Waals surface area contributed by atoms with Crippen LogP contribution < -0.4 is 0 Å². The second-order valence-electron chi connectivity index (χ2n) is 5.08. The Balaban J connectivity index is 0.00000110. The minimum atomic E-state index is 0. The fourth-order valence-electron chi connectivity index (χ4n) is 3.07. The van der Waals surface area contributed by atoms with E-state index >= 15 is 0 Å². The van der Waals surface area contributed by atoms with Crippen LogP contribution in [-0.4, -0.2) is 23.8 Å². The van der Waals surface area contributed by atoms with Gasteiger partial charge < -0.3 is 4.90 Å². The molecule has 0 saturated heterocycles. The van der Waals surface area contributed by atoms with Crippen molar-refractivity contribution in [3.05, 3.63) is 76.9 Å². The topological polar surface area (TPSA) is 3.24 Å². The summed E-state index contributed by atoms with van der Waals surface area (Å²) >= 11 is 0. The summed E-state index contributed by atoms with van der Waals surface area (Å²) in [5, 5.41) is 0. The molecule has 2 aromatic rings. The number of nitrogens with zero attached hydrogens (tertiary/aromatic N) is 1.